The van der Waals surface area contributed by atoms with Crippen LogP contribution >= 0.6 is 11.6 Å². The number of nitrogen functional groups attached to an aromatic ring is 1. The second-order valence-electron chi connectivity index (χ2n) is 3.36. The Kier molecular flexibility index (Phi) is 3.71. The van der Waals surface area contributed by atoms with Crippen molar-refractivity contribution in [2.45, 2.75) is 0 Å². The van der Waals surface area contributed by atoms with E-state index in [2.05, 4.69) is 25.1 Å². The molecular formula is C10H8ClFN6O. The average molecular weight is 283 g/mol. The van der Waals surface area contributed by atoms with Crippen molar-refractivity contribution in [3.05, 3.63) is 40.3 Å². The van der Waals surface area contributed by atoms with Crippen LogP contribution in [0.2, 0.25) is 5.02 Å². The molecule has 7 nitrogen and oxygen atoms in total. The molecule has 9 heteroatoms. The minimum atomic E-state index is -0.521. The highest BCUT2D eigenvalue weighted by Crippen LogP contribution is 2.16. The number of rotatable bonds is 3. The number of halogens is 2. The number of aromatic nitrogens is 2. The fourth-order valence-corrected chi connectivity index (χ4v) is 1.42. The van der Waals surface area contributed by atoms with Crippen LogP contribution < -0.4 is 11.5 Å². The van der Waals surface area contributed by atoms with Crippen molar-refractivity contribution in [2.75, 3.05) is 5.73 Å². The third-order valence-corrected chi connectivity index (χ3v) is 2.44. The van der Waals surface area contributed by atoms with Crippen LogP contribution in [0, 0.1) is 5.82 Å². The van der Waals surface area contributed by atoms with Crippen molar-refractivity contribution in [1.82, 2.24) is 10.3 Å². The number of benzene rings is 1. The number of amidine groups is 1. The number of anilines is 1. The summed E-state index contributed by atoms with van der Waals surface area (Å²) in [7, 11) is 0. The van der Waals surface area contributed by atoms with Crippen molar-refractivity contribution in [3.63, 3.8) is 0 Å². The third-order valence-electron chi connectivity index (χ3n) is 2.11. The lowest BCUT2D eigenvalue weighted by atomic mass is 10.2. The Bertz CT molecular complexity index is 633. The van der Waals surface area contributed by atoms with Crippen molar-refractivity contribution in [2.24, 2.45) is 15.9 Å². The summed E-state index contributed by atoms with van der Waals surface area (Å²) in [5.74, 6) is -0.643. The first kappa shape index (κ1) is 13.0. The molecule has 0 bridgehead atoms. The maximum Gasteiger partial charge on any atom is 0.199 e. The summed E-state index contributed by atoms with van der Waals surface area (Å²) >= 11 is 5.80. The molecule has 19 heavy (non-hydrogen) atoms. The predicted molar refractivity (Wildman–Crippen MR) is 68.4 cm³/mol. The van der Waals surface area contributed by atoms with Gasteiger partial charge in [0.1, 0.15) is 5.82 Å². The predicted octanol–water partition coefficient (Wildman–Crippen LogP) is 1.18. The first-order chi connectivity index (χ1) is 9.09. The number of hydrogen-bond donors (Lipinski definition) is 2. The van der Waals surface area contributed by atoms with E-state index in [1.165, 1.54) is 18.2 Å². The van der Waals surface area contributed by atoms with Crippen LogP contribution in [0.15, 0.2) is 33.0 Å². The van der Waals surface area contributed by atoms with E-state index < -0.39 is 5.82 Å². The van der Waals surface area contributed by atoms with Crippen LogP contribution in [0.1, 0.15) is 11.3 Å². The molecule has 0 fully saturated rings. The molecule has 0 aliphatic rings. The van der Waals surface area contributed by atoms with Gasteiger partial charge in [0.2, 0.25) is 0 Å². The van der Waals surface area contributed by atoms with Crippen LogP contribution in [0.25, 0.3) is 0 Å². The van der Waals surface area contributed by atoms with Crippen molar-refractivity contribution < 1.29 is 9.02 Å². The van der Waals surface area contributed by atoms with E-state index in [0.717, 1.165) is 6.21 Å². The molecule has 0 saturated heterocycles. The SMILES string of the molecule is N/C(=N\N=C\c1c(F)cccc1Cl)c1nonc1N. The lowest BCUT2D eigenvalue weighted by molar-refractivity contribution is 0.308. The van der Waals surface area contributed by atoms with Crippen LogP contribution in [0.5, 0.6) is 0 Å². The molecule has 0 radical (unpaired) electrons. The quantitative estimate of drug-likeness (QED) is 0.498. The fourth-order valence-electron chi connectivity index (χ4n) is 1.20. The van der Waals surface area contributed by atoms with Gasteiger partial charge in [-0.3, -0.25) is 0 Å². The Labute approximate surface area is 111 Å². The molecule has 1 heterocycles. The molecule has 1 aromatic carbocycles. The lowest BCUT2D eigenvalue weighted by Crippen LogP contribution is -2.15. The number of nitrogens with zero attached hydrogens (tertiary/aromatic N) is 4. The van der Waals surface area contributed by atoms with Crippen LogP contribution in [-0.4, -0.2) is 22.4 Å². The molecule has 0 amide bonds. The molecule has 1 aromatic heterocycles. The Morgan fingerprint density at radius 2 is 2.21 bits per heavy atom. The highest BCUT2D eigenvalue weighted by atomic mass is 35.5. The molecule has 0 saturated carbocycles. The Morgan fingerprint density at radius 1 is 1.42 bits per heavy atom. The van der Waals surface area contributed by atoms with Crippen LogP contribution in [0.3, 0.4) is 0 Å². The summed E-state index contributed by atoms with van der Waals surface area (Å²) in [6.45, 7) is 0. The second kappa shape index (κ2) is 5.44. The minimum Gasteiger partial charge on any atom is -0.380 e. The zero-order valence-corrected chi connectivity index (χ0v) is 10.2. The number of hydrogen-bond acceptors (Lipinski definition) is 6. The first-order valence-corrected chi connectivity index (χ1v) is 5.36. The van der Waals surface area contributed by atoms with Gasteiger partial charge in [0.15, 0.2) is 17.3 Å². The van der Waals surface area contributed by atoms with Gasteiger partial charge in [0, 0.05) is 5.56 Å². The van der Waals surface area contributed by atoms with E-state index in [9.17, 15) is 4.39 Å². The van der Waals surface area contributed by atoms with Crippen molar-refractivity contribution in [3.8, 4) is 0 Å². The van der Waals surface area contributed by atoms with Gasteiger partial charge < -0.3 is 11.5 Å². The molecule has 0 unspecified atom stereocenters. The Morgan fingerprint density at radius 3 is 2.84 bits per heavy atom. The summed E-state index contributed by atoms with van der Waals surface area (Å²) in [6.07, 6.45) is 1.13. The van der Waals surface area contributed by atoms with E-state index in [0.29, 0.717) is 0 Å². The van der Waals surface area contributed by atoms with Crippen molar-refractivity contribution in [1.29, 1.82) is 0 Å². The summed E-state index contributed by atoms with van der Waals surface area (Å²) in [6, 6.07) is 4.26. The topological polar surface area (TPSA) is 116 Å². The fraction of sp³-hybridized carbons (Fsp3) is 0. The van der Waals surface area contributed by atoms with E-state index >= 15 is 0 Å². The Hall–Kier alpha value is -2.48. The summed E-state index contributed by atoms with van der Waals surface area (Å²) < 4.78 is 17.8. The average Bonchev–Trinajstić information content (AvgIpc) is 2.79. The van der Waals surface area contributed by atoms with E-state index in [4.69, 9.17) is 23.1 Å². The van der Waals surface area contributed by atoms with Crippen LogP contribution in [0.4, 0.5) is 10.2 Å². The molecule has 98 valence electrons. The molecule has 0 atom stereocenters. The van der Waals surface area contributed by atoms with Gasteiger partial charge in [0.05, 0.1) is 11.2 Å². The van der Waals surface area contributed by atoms with Gasteiger partial charge in [-0.25, -0.2) is 9.02 Å². The smallest absolute Gasteiger partial charge is 0.199 e. The zero-order valence-electron chi connectivity index (χ0n) is 9.42. The highest BCUT2D eigenvalue weighted by Gasteiger charge is 2.10. The normalized spacial score (nSPS) is 12.2. The van der Waals surface area contributed by atoms with Crippen molar-refractivity contribution >= 4 is 29.5 Å². The molecule has 2 rings (SSSR count). The largest absolute Gasteiger partial charge is 0.380 e. The van der Waals surface area contributed by atoms with E-state index in [1.807, 2.05) is 0 Å². The van der Waals surface area contributed by atoms with Gasteiger partial charge in [0.25, 0.3) is 0 Å². The maximum absolute atomic E-state index is 13.4. The van der Waals surface area contributed by atoms with E-state index in [1.54, 1.807) is 0 Å². The van der Waals surface area contributed by atoms with E-state index in [-0.39, 0.29) is 27.9 Å². The van der Waals surface area contributed by atoms with Gasteiger partial charge >= 0.3 is 0 Å². The third kappa shape index (κ3) is 2.86. The number of nitrogens with two attached hydrogens (primary N) is 2. The molecule has 4 N–H and O–H groups in total. The van der Waals surface area contributed by atoms with Gasteiger partial charge in [-0.05, 0) is 22.4 Å². The monoisotopic (exact) mass is 282 g/mol. The summed E-state index contributed by atoms with van der Waals surface area (Å²) in [5, 5.41) is 14.2. The van der Waals surface area contributed by atoms with Gasteiger partial charge in [-0.2, -0.15) is 5.10 Å². The molecular weight excluding hydrogens is 275 g/mol. The molecule has 2 aromatic rings. The molecule has 0 aliphatic carbocycles. The highest BCUT2D eigenvalue weighted by molar-refractivity contribution is 6.33. The van der Waals surface area contributed by atoms with Crippen LogP contribution in [-0.2, 0) is 0 Å². The Balaban J connectivity index is 2.23. The summed E-state index contributed by atoms with van der Waals surface area (Å²) in [4.78, 5) is 0. The second-order valence-corrected chi connectivity index (χ2v) is 3.77. The minimum absolute atomic E-state index is 0.0135. The summed E-state index contributed by atoms with van der Waals surface area (Å²) in [5.41, 5.74) is 11.1. The first-order valence-electron chi connectivity index (χ1n) is 4.98. The molecule has 0 spiro atoms. The standard InChI is InChI=1S/C10H8ClFN6O/c11-6-2-1-3-7(12)5(6)4-15-16-9(13)8-10(14)18-19-17-8/h1-4H,(H2,13,16)(H2,14,18)/b15-4+. The van der Waals surface area contributed by atoms with Gasteiger partial charge in [-0.15, -0.1) is 5.10 Å². The maximum atomic E-state index is 13.4. The zero-order chi connectivity index (χ0) is 13.8. The van der Waals surface area contributed by atoms with Gasteiger partial charge in [-0.1, -0.05) is 17.7 Å². The lowest BCUT2D eigenvalue weighted by Gasteiger charge is -1.97. The molecule has 0 aliphatic heterocycles.